The highest BCUT2D eigenvalue weighted by Crippen LogP contribution is 2.32. The number of allylic oxidation sites excluding steroid dienone is 1. The average molecular weight is 838 g/mol. The van der Waals surface area contributed by atoms with Crippen molar-refractivity contribution >= 4 is 82.0 Å². The minimum Gasteiger partial charge on any atom is -0.465 e. The third kappa shape index (κ3) is 19.3. The maximum Gasteiger partial charge on any atom is 0.508 e. The molecule has 1 amide bonds. The van der Waals surface area contributed by atoms with Crippen LogP contribution in [0.2, 0.25) is 0 Å². The summed E-state index contributed by atoms with van der Waals surface area (Å²) in [6, 6.07) is -0.345. The average Bonchev–Trinajstić information content (AvgIpc) is 3.45. The van der Waals surface area contributed by atoms with E-state index < -0.39 is 69.6 Å². The maximum absolute atomic E-state index is 13.8. The minimum atomic E-state index is -1.88. The molecule has 306 valence electrons. The zero-order chi connectivity index (χ0) is 41.6. The molecule has 1 aromatic heterocycles. The molecule has 0 aliphatic heterocycles. The second-order valence-electron chi connectivity index (χ2n) is 15.7. The van der Waals surface area contributed by atoms with Crippen molar-refractivity contribution in [1.29, 1.82) is 0 Å². The van der Waals surface area contributed by atoms with Crippen molar-refractivity contribution in [2.75, 3.05) is 13.2 Å². The molecule has 0 aliphatic carbocycles. The molecule has 0 aromatic carbocycles. The quantitative estimate of drug-likeness (QED) is 0.0442. The van der Waals surface area contributed by atoms with Gasteiger partial charge in [-0.3, -0.25) is 14.4 Å². The molecule has 1 heterocycles. The first-order chi connectivity index (χ1) is 24.7. The van der Waals surface area contributed by atoms with Crippen LogP contribution in [0, 0.1) is 30.1 Å². The maximum atomic E-state index is 13.8. The molecule has 4 atom stereocenters. The van der Waals surface area contributed by atoms with Gasteiger partial charge in [0, 0.05) is 5.38 Å². The Labute approximate surface area is 340 Å². The molecule has 1 aromatic rings. The summed E-state index contributed by atoms with van der Waals surface area (Å²) in [6.07, 6.45) is 3.16. The van der Waals surface area contributed by atoms with E-state index in [-0.39, 0.29) is 24.5 Å². The predicted molar refractivity (Wildman–Crippen MR) is 215 cm³/mol. The number of carbonyl (C=O) groups is 5. The molecule has 0 saturated heterocycles. The second-order valence-corrected chi connectivity index (χ2v) is 19.3. The number of aryl methyl sites for hydroxylation is 1. The van der Waals surface area contributed by atoms with Gasteiger partial charge in [-0.25, -0.2) is 14.6 Å². The van der Waals surface area contributed by atoms with E-state index in [1.165, 1.54) is 13.8 Å². The number of halogens is 3. The Morgan fingerprint density at radius 2 is 1.61 bits per heavy atom. The molecule has 54 heavy (non-hydrogen) atoms. The van der Waals surface area contributed by atoms with Crippen LogP contribution in [-0.2, 0) is 33.3 Å². The fraction of sp³-hybridized carbons (Fsp3) is 0.692. The summed E-state index contributed by atoms with van der Waals surface area (Å²) < 4.78 is 19.4. The summed E-state index contributed by atoms with van der Waals surface area (Å²) in [5, 5.41) is 5.88. The largest absolute Gasteiger partial charge is 0.508 e. The van der Waals surface area contributed by atoms with Crippen LogP contribution in [0.15, 0.2) is 22.6 Å². The molecular weight excluding hydrogens is 779 g/mol. The normalized spacial score (nSPS) is 15.2. The summed E-state index contributed by atoms with van der Waals surface area (Å²) in [7, 11) is 0. The first-order valence-corrected chi connectivity index (χ1v) is 20.1. The number of hydrogen-bond acceptors (Lipinski definition) is 11. The topological polar surface area (TPSA) is 147 Å². The molecule has 1 N–H and O–H groups in total. The molecule has 0 fully saturated rings. The fourth-order valence-electron chi connectivity index (χ4n) is 5.39. The van der Waals surface area contributed by atoms with Crippen LogP contribution in [0.1, 0.15) is 119 Å². The Kier molecular flexibility index (Phi) is 20.3. The van der Waals surface area contributed by atoms with E-state index in [4.69, 9.17) is 53.8 Å². The first-order valence-electron chi connectivity index (χ1n) is 18.1. The van der Waals surface area contributed by atoms with Crippen molar-refractivity contribution in [3.8, 4) is 0 Å². The molecule has 0 aliphatic rings. The van der Waals surface area contributed by atoms with Crippen molar-refractivity contribution in [3.05, 3.63) is 33.3 Å². The van der Waals surface area contributed by atoms with Crippen molar-refractivity contribution in [3.63, 3.8) is 0 Å². The van der Waals surface area contributed by atoms with Crippen LogP contribution < -0.4 is 5.32 Å². The van der Waals surface area contributed by atoms with Gasteiger partial charge in [-0.15, -0.1) is 11.3 Å². The Hall–Kier alpha value is -2.67. The van der Waals surface area contributed by atoms with Gasteiger partial charge in [0.15, 0.2) is 11.6 Å². The van der Waals surface area contributed by atoms with Crippen molar-refractivity contribution < 1.29 is 42.9 Å². The van der Waals surface area contributed by atoms with Gasteiger partial charge in [-0.2, -0.15) is 0 Å². The van der Waals surface area contributed by atoms with Crippen molar-refractivity contribution in [1.82, 2.24) is 10.3 Å². The zero-order valence-corrected chi connectivity index (χ0v) is 36.8. The van der Waals surface area contributed by atoms with E-state index in [9.17, 15) is 24.0 Å². The number of rotatable bonds is 20. The monoisotopic (exact) mass is 836 g/mol. The van der Waals surface area contributed by atoms with E-state index in [1.54, 1.807) is 39.0 Å². The predicted octanol–water partition coefficient (Wildman–Crippen LogP) is 10.2. The number of nitrogens with one attached hydrogen (secondary N) is 1. The Morgan fingerprint density at radius 3 is 2.15 bits per heavy atom. The molecule has 0 saturated carbocycles. The summed E-state index contributed by atoms with van der Waals surface area (Å²) in [5.41, 5.74) is 0.565. The highest BCUT2D eigenvalue weighted by molar-refractivity contribution is 7.09. The number of alkyl halides is 3. The SMILES string of the molecule is C/C(=C/C[C@H](NC(=O)OC(C)(C)C)/C(C)=C/c1csc(C)n1)CCCC(C)[C@H](OC(=O)OCC(Cl)(Cl)Cl)C(C)C(=O)C(C)(C)C(=O)CC(=O)OCC(C)C. The van der Waals surface area contributed by atoms with Gasteiger partial charge in [0.25, 0.3) is 0 Å². The molecule has 2 unspecified atom stereocenters. The fourth-order valence-corrected chi connectivity index (χ4v) is 6.13. The van der Waals surface area contributed by atoms with Crippen LogP contribution in [-0.4, -0.2) is 69.5 Å². The highest BCUT2D eigenvalue weighted by Gasteiger charge is 2.44. The number of alkyl carbamates (subject to hydrolysis) is 1. The number of esters is 1. The molecule has 11 nitrogen and oxygen atoms in total. The number of aromatic nitrogens is 1. The zero-order valence-electron chi connectivity index (χ0n) is 33.7. The number of amides is 1. The Balaban J connectivity index is 3.13. The lowest BCUT2D eigenvalue weighted by atomic mass is 9.73. The third-order valence-electron chi connectivity index (χ3n) is 8.43. The second kappa shape index (κ2) is 22.2. The van der Waals surface area contributed by atoms with Crippen LogP contribution >= 0.6 is 46.1 Å². The lowest BCUT2D eigenvalue weighted by Gasteiger charge is -2.33. The van der Waals surface area contributed by atoms with Gasteiger partial charge >= 0.3 is 18.2 Å². The lowest BCUT2D eigenvalue weighted by Crippen LogP contribution is -2.45. The number of carbonyl (C=O) groups excluding carboxylic acids is 5. The van der Waals surface area contributed by atoms with Gasteiger partial charge in [0.05, 0.1) is 34.7 Å². The van der Waals surface area contributed by atoms with Crippen LogP contribution in [0.4, 0.5) is 9.59 Å². The van der Waals surface area contributed by atoms with E-state index in [0.717, 1.165) is 21.8 Å². The molecule has 0 spiro atoms. The molecule has 15 heteroatoms. The van der Waals surface area contributed by atoms with Gasteiger partial charge in [-0.1, -0.05) is 74.1 Å². The van der Waals surface area contributed by atoms with E-state index in [2.05, 4.69) is 16.4 Å². The van der Waals surface area contributed by atoms with Gasteiger partial charge in [0.1, 0.15) is 24.7 Å². The van der Waals surface area contributed by atoms with Crippen molar-refractivity contribution in [2.45, 2.75) is 137 Å². The van der Waals surface area contributed by atoms with Crippen LogP contribution in [0.3, 0.4) is 0 Å². The Bertz CT molecular complexity index is 1490. The summed E-state index contributed by atoms with van der Waals surface area (Å²) in [6.45, 7) is 20.9. The highest BCUT2D eigenvalue weighted by atomic mass is 35.6. The van der Waals surface area contributed by atoms with Gasteiger partial charge in [-0.05, 0) is 105 Å². The summed E-state index contributed by atoms with van der Waals surface area (Å²) in [5.74, 6) is -3.07. The molecular formula is C39H59Cl3N2O9S. The first kappa shape index (κ1) is 49.3. The molecule has 1 rings (SSSR count). The third-order valence-corrected chi connectivity index (χ3v) is 9.55. The smallest absolute Gasteiger partial charge is 0.465 e. The van der Waals surface area contributed by atoms with E-state index in [1.807, 2.05) is 53.0 Å². The summed E-state index contributed by atoms with van der Waals surface area (Å²) in [4.78, 5) is 69.3. The number of Topliss-reactive ketones (excluding diaryl/α,β-unsaturated/α-hetero) is 2. The molecule has 0 bridgehead atoms. The van der Waals surface area contributed by atoms with Crippen molar-refractivity contribution in [2.24, 2.45) is 23.2 Å². The number of ketones is 2. The number of ether oxygens (including phenoxy) is 4. The number of nitrogens with zero attached hydrogens (tertiary/aromatic N) is 1. The van der Waals surface area contributed by atoms with Crippen LogP contribution in [0.25, 0.3) is 6.08 Å². The minimum absolute atomic E-state index is 0.0851. The number of thiazole rings is 1. The van der Waals surface area contributed by atoms with Crippen LogP contribution in [0.5, 0.6) is 0 Å². The van der Waals surface area contributed by atoms with Gasteiger partial charge in [0.2, 0.25) is 3.79 Å². The lowest BCUT2D eigenvalue weighted by molar-refractivity contribution is -0.151. The summed E-state index contributed by atoms with van der Waals surface area (Å²) >= 11 is 18.8. The molecule has 0 radical (unpaired) electrons. The Morgan fingerprint density at radius 1 is 0.981 bits per heavy atom. The standard InChI is InChI=1S/C39H59Cl3N2O9S/c1-23(2)20-50-32(46)19-31(45)38(11,12)34(47)27(6)33(52-36(49)51-22-39(40,41)42)25(4)15-13-14-24(3)16-17-30(44-35(48)53-37(8,9)10)26(5)18-29-21-54-28(7)43-29/h16,18,21,23,25,27,30,33H,13-15,17,19-20,22H2,1-12H3,(H,44,48)/b24-16-,26-18+/t25?,27?,30-,33-/m0/s1. The van der Waals surface area contributed by atoms with E-state index >= 15 is 0 Å². The van der Waals surface area contributed by atoms with E-state index in [0.29, 0.717) is 25.7 Å². The van der Waals surface area contributed by atoms with Gasteiger partial charge < -0.3 is 24.3 Å². The number of hydrogen-bond donors (Lipinski definition) is 1.